The van der Waals surface area contributed by atoms with Gasteiger partial charge in [0.05, 0.1) is 6.42 Å². The van der Waals surface area contributed by atoms with Crippen molar-refractivity contribution >= 4 is 68.2 Å². The van der Waals surface area contributed by atoms with E-state index < -0.39 is 53.8 Å². The molecule has 37 heavy (non-hydrogen) atoms. The Morgan fingerprint density at radius 2 is 1.62 bits per heavy atom. The molecular weight excluding hydrogens is 584 g/mol. The summed E-state index contributed by atoms with van der Waals surface area (Å²) in [7, 11) is 2.95. The molecular formula is C24H37BrN4O6S2. The minimum Gasteiger partial charge on any atom is -0.456 e. The van der Waals surface area contributed by atoms with Crippen molar-refractivity contribution in [2.45, 2.75) is 71.7 Å². The Kier molecular flexibility index (Phi) is 14.4. The van der Waals surface area contributed by atoms with E-state index in [0.29, 0.717) is 12.2 Å². The molecule has 13 heteroatoms. The van der Waals surface area contributed by atoms with Crippen LogP contribution in [0.2, 0.25) is 0 Å². The van der Waals surface area contributed by atoms with Gasteiger partial charge in [-0.15, -0.1) is 17.0 Å². The van der Waals surface area contributed by atoms with E-state index in [2.05, 4.69) is 21.3 Å². The lowest BCUT2D eigenvalue weighted by Crippen LogP contribution is -2.57. The second-order valence-electron chi connectivity index (χ2n) is 9.24. The Hall–Kier alpha value is -1.99. The molecule has 1 saturated heterocycles. The number of allylic oxidation sites excluding steroid dienone is 2. The van der Waals surface area contributed by atoms with Crippen LogP contribution in [0, 0.1) is 11.8 Å². The third-order valence-corrected chi connectivity index (χ3v) is 8.03. The molecule has 0 radical (unpaired) electrons. The Morgan fingerprint density at radius 1 is 0.946 bits per heavy atom. The van der Waals surface area contributed by atoms with Crippen molar-refractivity contribution in [3.63, 3.8) is 0 Å². The van der Waals surface area contributed by atoms with E-state index in [4.69, 9.17) is 4.74 Å². The number of nitrogens with one attached hydrogen (secondary N) is 4. The molecule has 0 saturated carbocycles. The fraction of sp³-hybridized carbons (Fsp3) is 0.625. The van der Waals surface area contributed by atoms with E-state index in [-0.39, 0.29) is 46.7 Å². The van der Waals surface area contributed by atoms with Gasteiger partial charge in [0.15, 0.2) is 0 Å². The van der Waals surface area contributed by atoms with E-state index in [9.17, 15) is 24.0 Å². The molecule has 0 spiro atoms. The lowest BCUT2D eigenvalue weighted by molar-refractivity contribution is -0.153. The minimum absolute atomic E-state index is 0. The number of fused-ring (bicyclic) bond motifs is 7. The van der Waals surface area contributed by atoms with Crippen LogP contribution >= 0.6 is 38.6 Å². The number of amides is 4. The molecule has 0 aromatic rings. The summed E-state index contributed by atoms with van der Waals surface area (Å²) in [5.41, 5.74) is -0.0445. The second-order valence-corrected chi connectivity index (χ2v) is 11.9. The molecule has 2 aliphatic heterocycles. The highest BCUT2D eigenvalue weighted by Crippen LogP contribution is 2.24. The molecule has 4 atom stereocenters. The molecule has 2 heterocycles. The third-order valence-electron chi connectivity index (χ3n) is 5.59. The van der Waals surface area contributed by atoms with Crippen LogP contribution in [-0.2, 0) is 28.7 Å². The normalized spacial score (nSPS) is 28.8. The summed E-state index contributed by atoms with van der Waals surface area (Å²) in [5.74, 6) is -2.54. The van der Waals surface area contributed by atoms with Crippen LogP contribution in [0.4, 0.5) is 0 Å². The summed E-state index contributed by atoms with van der Waals surface area (Å²) >= 11 is 0. The Bertz CT molecular complexity index is 912. The van der Waals surface area contributed by atoms with Crippen molar-refractivity contribution in [2.75, 3.05) is 11.5 Å². The van der Waals surface area contributed by atoms with Crippen LogP contribution in [0.15, 0.2) is 23.9 Å². The minimum atomic E-state index is -1.00. The number of rotatable bonds is 2. The molecule has 0 aromatic carbocycles. The maximum atomic E-state index is 13.2. The van der Waals surface area contributed by atoms with Crippen LogP contribution in [0.1, 0.15) is 47.5 Å². The number of esters is 1. The van der Waals surface area contributed by atoms with Crippen molar-refractivity contribution in [3.05, 3.63) is 23.9 Å². The van der Waals surface area contributed by atoms with Gasteiger partial charge in [-0.25, -0.2) is 4.79 Å². The molecule has 4 amide bonds. The number of hydrogen-bond donors (Lipinski definition) is 4. The van der Waals surface area contributed by atoms with Gasteiger partial charge in [0, 0.05) is 11.5 Å². The number of carbonyl (C=O) groups excluding carboxylic acids is 5. The SMILES string of the molecule is Br.C/C=C1\NC(=O)[C@H]2CSSCC/C=C/[C@H](CC(=O)N[C@H](C(C)C)C(=O)N2)OC(=O)[C@H](C(C)C)NC1=O. The predicted octanol–water partition coefficient (Wildman–Crippen LogP) is 2.01. The fourth-order valence-corrected chi connectivity index (χ4v) is 5.66. The number of halogens is 1. The van der Waals surface area contributed by atoms with E-state index in [1.54, 1.807) is 40.7 Å². The van der Waals surface area contributed by atoms with Gasteiger partial charge < -0.3 is 26.0 Å². The predicted molar refractivity (Wildman–Crippen MR) is 151 cm³/mol. The second kappa shape index (κ2) is 16.1. The van der Waals surface area contributed by atoms with Crippen LogP contribution in [0.25, 0.3) is 0 Å². The van der Waals surface area contributed by atoms with E-state index in [1.165, 1.54) is 27.7 Å². The highest BCUT2D eigenvalue weighted by atomic mass is 79.9. The highest BCUT2D eigenvalue weighted by molar-refractivity contribution is 8.93. The van der Waals surface area contributed by atoms with Crippen molar-refractivity contribution in [1.82, 2.24) is 21.3 Å². The fourth-order valence-electron chi connectivity index (χ4n) is 3.50. The molecule has 208 valence electrons. The molecule has 0 unspecified atom stereocenters. The van der Waals surface area contributed by atoms with Gasteiger partial charge in [-0.1, -0.05) is 61.4 Å². The molecule has 1 fully saturated rings. The van der Waals surface area contributed by atoms with Crippen molar-refractivity contribution < 1.29 is 28.7 Å². The molecule has 2 aliphatic rings. The van der Waals surface area contributed by atoms with Gasteiger partial charge in [0.25, 0.3) is 5.91 Å². The zero-order chi connectivity index (χ0) is 26.8. The first-order valence-corrected chi connectivity index (χ1v) is 14.5. The lowest BCUT2D eigenvalue weighted by atomic mass is 10.0. The van der Waals surface area contributed by atoms with Gasteiger partial charge in [-0.2, -0.15) is 0 Å². The van der Waals surface area contributed by atoms with Crippen molar-refractivity contribution in [2.24, 2.45) is 11.8 Å². The summed E-state index contributed by atoms with van der Waals surface area (Å²) in [6, 6.07) is -2.86. The number of carbonyl (C=O) groups is 5. The Balaban J connectivity index is 0.00000684. The largest absolute Gasteiger partial charge is 0.456 e. The maximum absolute atomic E-state index is 13.2. The van der Waals surface area contributed by atoms with E-state index in [0.717, 1.165) is 0 Å². The summed E-state index contributed by atoms with van der Waals surface area (Å²) in [5, 5.41) is 10.7. The monoisotopic (exact) mass is 620 g/mol. The zero-order valence-corrected chi connectivity index (χ0v) is 25.0. The van der Waals surface area contributed by atoms with Crippen LogP contribution in [0.5, 0.6) is 0 Å². The van der Waals surface area contributed by atoms with Crippen LogP contribution < -0.4 is 21.3 Å². The van der Waals surface area contributed by atoms with Gasteiger partial charge in [-0.05, 0) is 31.3 Å². The summed E-state index contributed by atoms with van der Waals surface area (Å²) in [6.07, 6.45) is 4.51. The lowest BCUT2D eigenvalue weighted by Gasteiger charge is -2.27. The van der Waals surface area contributed by atoms with Gasteiger partial charge in [-0.3, -0.25) is 19.2 Å². The first kappa shape index (κ1) is 33.0. The van der Waals surface area contributed by atoms with Gasteiger partial charge in [0.2, 0.25) is 17.7 Å². The summed E-state index contributed by atoms with van der Waals surface area (Å²) in [4.78, 5) is 65.2. The van der Waals surface area contributed by atoms with Gasteiger partial charge >= 0.3 is 5.97 Å². The van der Waals surface area contributed by atoms with Crippen molar-refractivity contribution in [1.29, 1.82) is 0 Å². The van der Waals surface area contributed by atoms with E-state index >= 15 is 0 Å². The average molecular weight is 622 g/mol. The topological polar surface area (TPSA) is 143 Å². The first-order chi connectivity index (χ1) is 17.0. The zero-order valence-electron chi connectivity index (χ0n) is 21.7. The highest BCUT2D eigenvalue weighted by Gasteiger charge is 2.33. The Labute approximate surface area is 236 Å². The smallest absolute Gasteiger partial charge is 0.329 e. The molecule has 0 aliphatic carbocycles. The summed E-state index contributed by atoms with van der Waals surface area (Å²) in [6.45, 7) is 8.66. The Morgan fingerprint density at radius 3 is 2.24 bits per heavy atom. The first-order valence-electron chi connectivity index (χ1n) is 12.0. The quantitative estimate of drug-likeness (QED) is 0.159. The molecule has 0 aromatic heterocycles. The van der Waals surface area contributed by atoms with Crippen LogP contribution in [0.3, 0.4) is 0 Å². The summed E-state index contributed by atoms with van der Waals surface area (Å²) < 4.78 is 5.65. The van der Waals surface area contributed by atoms with Crippen LogP contribution in [-0.4, -0.2) is 65.3 Å². The van der Waals surface area contributed by atoms with E-state index in [1.807, 2.05) is 6.08 Å². The molecule has 2 bridgehead atoms. The molecule has 2 rings (SSSR count). The van der Waals surface area contributed by atoms with Gasteiger partial charge in [0.1, 0.15) is 29.9 Å². The molecule has 4 N–H and O–H groups in total. The standard InChI is InChI=1S/C24H36N4O6S2.BrH/c1-6-16-21(30)28-20(14(4)5)24(33)34-15-9-7-8-10-35-36-12-17(22(31)25-16)26-23(32)19(13(2)3)27-18(29)11-15;/h6-7,9,13-15,17,19-20H,8,10-12H2,1-5H3,(H,25,31)(H,26,32)(H,27,29)(H,28,30);1H/b9-7+,16-6-;/t15-,17-,19-,20+;/m1./s1. The third kappa shape index (κ3) is 10.4. The molecule has 10 nitrogen and oxygen atoms in total. The maximum Gasteiger partial charge on any atom is 0.329 e. The number of hydrogen-bond acceptors (Lipinski definition) is 8. The van der Waals surface area contributed by atoms with Crippen molar-refractivity contribution in [3.8, 4) is 0 Å². The average Bonchev–Trinajstić information content (AvgIpc) is 2.81. The number of ether oxygens (including phenoxy) is 1.